The number of carbonyl (C=O) groups excluding carboxylic acids is 1. The molecule has 1 atom stereocenters. The van der Waals surface area contributed by atoms with E-state index in [0.717, 1.165) is 11.3 Å². The molecule has 1 aromatic heterocycles. The fourth-order valence-corrected chi connectivity index (χ4v) is 2.57. The fraction of sp³-hybridized carbons (Fsp3) is 0.333. The number of benzene rings is 1. The van der Waals surface area contributed by atoms with Crippen LogP contribution in [0.25, 0.3) is 0 Å². The summed E-state index contributed by atoms with van der Waals surface area (Å²) in [5.74, 6) is 0.464. The van der Waals surface area contributed by atoms with Gasteiger partial charge in [0, 0.05) is 11.8 Å². The maximum Gasteiger partial charge on any atom is 0.254 e. The first-order valence-corrected chi connectivity index (χ1v) is 8.74. The van der Waals surface area contributed by atoms with Gasteiger partial charge in [0.1, 0.15) is 12.4 Å². The van der Waals surface area contributed by atoms with Crippen LogP contribution in [0.2, 0.25) is 0 Å². The molecule has 0 aliphatic heterocycles. The quantitative estimate of drug-likeness (QED) is 0.701. The highest BCUT2D eigenvalue weighted by Gasteiger charge is 2.24. The van der Waals surface area contributed by atoms with E-state index in [1.807, 2.05) is 38.1 Å². The van der Waals surface area contributed by atoms with Gasteiger partial charge < -0.3 is 14.7 Å². The lowest BCUT2D eigenvalue weighted by Gasteiger charge is -2.30. The third kappa shape index (κ3) is 5.43. The Balaban J connectivity index is 2.25. The topological polar surface area (TPSA) is 62.7 Å². The molecule has 0 radical (unpaired) electrons. The van der Waals surface area contributed by atoms with E-state index < -0.39 is 0 Å². The maximum atomic E-state index is 13.1. The molecule has 1 unspecified atom stereocenters. The first kappa shape index (κ1) is 19.7. The van der Waals surface area contributed by atoms with E-state index in [1.165, 1.54) is 0 Å². The zero-order chi connectivity index (χ0) is 18.9. The molecular weight excluding hydrogens is 328 g/mol. The lowest BCUT2D eigenvalue weighted by atomic mass is 10.1. The van der Waals surface area contributed by atoms with Gasteiger partial charge in [0.15, 0.2) is 0 Å². The predicted octanol–water partition coefficient (Wildman–Crippen LogP) is 3.45. The van der Waals surface area contributed by atoms with Crippen molar-refractivity contribution in [2.75, 3.05) is 13.2 Å². The van der Waals surface area contributed by atoms with Gasteiger partial charge in [-0.05, 0) is 49.2 Å². The average Bonchev–Trinajstić information content (AvgIpc) is 2.67. The standard InChI is InChI=1S/C21H26N2O3/c1-4-19(14-24)23(13-18-9-5-6-11-22-18)21(25)17-8-7-10-20(12-17)26-15-16(2)3/h5-12,19,24H,2,4,13-15H2,1,3H3. The second kappa shape index (κ2) is 9.73. The molecule has 1 aromatic carbocycles. The molecule has 0 saturated carbocycles. The largest absolute Gasteiger partial charge is 0.489 e. The van der Waals surface area contributed by atoms with E-state index in [1.54, 1.807) is 29.3 Å². The Hall–Kier alpha value is -2.66. The number of aliphatic hydroxyl groups is 1. The molecule has 2 rings (SSSR count). The van der Waals surface area contributed by atoms with Crippen LogP contribution >= 0.6 is 0 Å². The fourth-order valence-electron chi connectivity index (χ4n) is 2.57. The number of pyridine rings is 1. The molecule has 26 heavy (non-hydrogen) atoms. The summed E-state index contributed by atoms with van der Waals surface area (Å²) in [7, 11) is 0. The molecule has 0 spiro atoms. The Morgan fingerprint density at radius 2 is 2.12 bits per heavy atom. The average molecular weight is 354 g/mol. The predicted molar refractivity (Wildman–Crippen MR) is 102 cm³/mol. The third-order valence-electron chi connectivity index (χ3n) is 4.01. The molecule has 0 aliphatic carbocycles. The first-order valence-electron chi connectivity index (χ1n) is 8.74. The van der Waals surface area contributed by atoms with Gasteiger partial charge in [-0.15, -0.1) is 0 Å². The number of amides is 1. The number of carbonyl (C=O) groups is 1. The van der Waals surface area contributed by atoms with Crippen LogP contribution in [0.1, 0.15) is 36.3 Å². The summed E-state index contributed by atoms with van der Waals surface area (Å²) in [6.45, 7) is 8.30. The van der Waals surface area contributed by atoms with Crippen molar-refractivity contribution in [2.24, 2.45) is 0 Å². The summed E-state index contributed by atoms with van der Waals surface area (Å²) >= 11 is 0. The second-order valence-electron chi connectivity index (χ2n) is 6.27. The van der Waals surface area contributed by atoms with E-state index in [-0.39, 0.29) is 18.6 Å². The monoisotopic (exact) mass is 354 g/mol. The molecule has 0 saturated heterocycles. The minimum absolute atomic E-state index is 0.0963. The molecular formula is C21H26N2O3. The summed E-state index contributed by atoms with van der Waals surface area (Å²) in [6, 6.07) is 12.4. The minimum atomic E-state index is -0.274. The van der Waals surface area contributed by atoms with Crippen molar-refractivity contribution >= 4 is 5.91 Å². The van der Waals surface area contributed by atoms with Crippen LogP contribution in [0.5, 0.6) is 5.75 Å². The van der Waals surface area contributed by atoms with Crippen LogP contribution in [0, 0.1) is 0 Å². The SMILES string of the molecule is C=C(C)COc1cccc(C(=O)N(Cc2ccccn2)C(CC)CO)c1. The van der Waals surface area contributed by atoms with Gasteiger partial charge in [-0.2, -0.15) is 0 Å². The molecule has 5 nitrogen and oxygen atoms in total. The van der Waals surface area contributed by atoms with Crippen molar-refractivity contribution in [3.8, 4) is 5.75 Å². The summed E-state index contributed by atoms with van der Waals surface area (Å²) in [6.07, 6.45) is 2.35. The summed E-state index contributed by atoms with van der Waals surface area (Å²) in [5.41, 5.74) is 2.21. The van der Waals surface area contributed by atoms with Gasteiger partial charge in [0.25, 0.3) is 5.91 Å². The van der Waals surface area contributed by atoms with E-state index in [2.05, 4.69) is 11.6 Å². The second-order valence-corrected chi connectivity index (χ2v) is 6.27. The zero-order valence-corrected chi connectivity index (χ0v) is 15.4. The molecule has 0 bridgehead atoms. The Kier molecular flexibility index (Phi) is 7.36. The molecule has 1 amide bonds. The summed E-state index contributed by atoms with van der Waals surface area (Å²) in [5, 5.41) is 9.72. The maximum absolute atomic E-state index is 13.1. The highest BCUT2D eigenvalue weighted by molar-refractivity contribution is 5.94. The molecule has 2 aromatic rings. The van der Waals surface area contributed by atoms with Crippen molar-refractivity contribution in [2.45, 2.75) is 32.9 Å². The molecule has 0 fully saturated rings. The molecule has 1 N–H and O–H groups in total. The van der Waals surface area contributed by atoms with Crippen LogP contribution in [-0.4, -0.2) is 40.2 Å². The van der Waals surface area contributed by atoms with Crippen LogP contribution in [0.4, 0.5) is 0 Å². The minimum Gasteiger partial charge on any atom is -0.489 e. The Morgan fingerprint density at radius 3 is 2.73 bits per heavy atom. The van der Waals surface area contributed by atoms with Crippen LogP contribution in [0.3, 0.4) is 0 Å². The number of rotatable bonds is 9. The number of ether oxygens (including phenoxy) is 1. The van der Waals surface area contributed by atoms with E-state index in [4.69, 9.17) is 4.74 Å². The lowest BCUT2D eigenvalue weighted by Crippen LogP contribution is -2.41. The van der Waals surface area contributed by atoms with Crippen LogP contribution in [0.15, 0.2) is 60.8 Å². The zero-order valence-electron chi connectivity index (χ0n) is 15.4. The number of nitrogens with zero attached hydrogens (tertiary/aromatic N) is 2. The smallest absolute Gasteiger partial charge is 0.254 e. The van der Waals surface area contributed by atoms with Gasteiger partial charge in [-0.25, -0.2) is 0 Å². The van der Waals surface area contributed by atoms with Crippen molar-refractivity contribution < 1.29 is 14.6 Å². The van der Waals surface area contributed by atoms with Gasteiger partial charge in [-0.3, -0.25) is 9.78 Å². The van der Waals surface area contributed by atoms with E-state index >= 15 is 0 Å². The van der Waals surface area contributed by atoms with Gasteiger partial charge in [-0.1, -0.05) is 25.6 Å². The molecule has 0 aliphatic rings. The highest BCUT2D eigenvalue weighted by atomic mass is 16.5. The van der Waals surface area contributed by atoms with Crippen molar-refractivity contribution in [3.05, 3.63) is 72.1 Å². The van der Waals surface area contributed by atoms with Crippen molar-refractivity contribution in [3.63, 3.8) is 0 Å². The van der Waals surface area contributed by atoms with Crippen LogP contribution < -0.4 is 4.74 Å². The molecule has 5 heteroatoms. The Bertz CT molecular complexity index is 727. The first-order chi connectivity index (χ1) is 12.5. The number of aromatic nitrogens is 1. The summed E-state index contributed by atoms with van der Waals surface area (Å²) < 4.78 is 5.64. The normalized spacial score (nSPS) is 11.7. The molecule has 1 heterocycles. The lowest BCUT2D eigenvalue weighted by molar-refractivity contribution is 0.0560. The van der Waals surface area contributed by atoms with Gasteiger partial charge in [0.05, 0.1) is 24.9 Å². The molecule has 138 valence electrons. The van der Waals surface area contributed by atoms with Gasteiger partial charge >= 0.3 is 0 Å². The summed E-state index contributed by atoms with van der Waals surface area (Å²) in [4.78, 5) is 19.1. The van der Waals surface area contributed by atoms with Gasteiger partial charge in [0.2, 0.25) is 0 Å². The van der Waals surface area contributed by atoms with E-state index in [9.17, 15) is 9.90 Å². The highest BCUT2D eigenvalue weighted by Crippen LogP contribution is 2.19. The Labute approximate surface area is 154 Å². The van der Waals surface area contributed by atoms with E-state index in [0.29, 0.717) is 30.9 Å². The Morgan fingerprint density at radius 1 is 1.31 bits per heavy atom. The number of aliphatic hydroxyl groups excluding tert-OH is 1. The van der Waals surface area contributed by atoms with Crippen LogP contribution in [-0.2, 0) is 6.54 Å². The van der Waals surface area contributed by atoms with Crippen molar-refractivity contribution in [1.82, 2.24) is 9.88 Å². The number of hydrogen-bond acceptors (Lipinski definition) is 4. The van der Waals surface area contributed by atoms with Crippen molar-refractivity contribution in [1.29, 1.82) is 0 Å². The third-order valence-corrected chi connectivity index (χ3v) is 4.01. The number of hydrogen-bond donors (Lipinski definition) is 1.